The fourth-order valence-corrected chi connectivity index (χ4v) is 2.71. The van der Waals surface area contributed by atoms with Gasteiger partial charge in [0.25, 0.3) is 0 Å². The van der Waals surface area contributed by atoms with Crippen molar-refractivity contribution in [2.75, 3.05) is 6.54 Å². The molecule has 4 heteroatoms. The Hall–Kier alpha value is -1.39. The third-order valence-electron chi connectivity index (χ3n) is 3.58. The third kappa shape index (κ3) is 4.55. The highest BCUT2D eigenvalue weighted by atomic mass is 16.6. The van der Waals surface area contributed by atoms with Gasteiger partial charge in [0.15, 0.2) is 0 Å². The molecule has 0 saturated carbocycles. The maximum absolute atomic E-state index is 12.4. The fraction of sp³-hybridized carbons (Fsp3) is 0.588. The van der Waals surface area contributed by atoms with Crippen molar-refractivity contribution in [1.82, 2.24) is 4.90 Å². The Morgan fingerprint density at radius 3 is 2.62 bits per heavy atom. The van der Waals surface area contributed by atoms with Crippen LogP contribution in [0.15, 0.2) is 30.3 Å². The van der Waals surface area contributed by atoms with Crippen LogP contribution in [0.25, 0.3) is 0 Å². The highest BCUT2D eigenvalue weighted by Crippen LogP contribution is 2.23. The monoisotopic (exact) mass is 291 g/mol. The molecular formula is C17H25NO3. The molecule has 1 aromatic rings. The number of hydrogen-bond donors (Lipinski definition) is 1. The zero-order valence-electron chi connectivity index (χ0n) is 13.1. The van der Waals surface area contributed by atoms with Crippen molar-refractivity contribution < 1.29 is 14.6 Å². The number of benzene rings is 1. The number of likely N-dealkylation sites (tertiary alicyclic amines) is 1. The standard InChI is InChI=1S/C17H25NO3/c1-17(2,3)21-16(20)15-14(19)10-7-11-18(15)12-13-8-5-4-6-9-13/h4-6,8-9,14-15,19H,7,10-12H2,1-3H3/t14-,15+/m0/s1. The first-order valence-electron chi connectivity index (χ1n) is 7.56. The number of aliphatic hydroxyl groups excluding tert-OH is 1. The van der Waals surface area contributed by atoms with Gasteiger partial charge in [-0.05, 0) is 45.7 Å². The van der Waals surface area contributed by atoms with E-state index >= 15 is 0 Å². The number of esters is 1. The molecule has 1 aliphatic heterocycles. The summed E-state index contributed by atoms with van der Waals surface area (Å²) in [6, 6.07) is 9.44. The molecule has 0 aliphatic carbocycles. The first-order valence-corrected chi connectivity index (χ1v) is 7.56. The zero-order chi connectivity index (χ0) is 15.5. The Labute approximate surface area is 126 Å². The summed E-state index contributed by atoms with van der Waals surface area (Å²) in [4.78, 5) is 14.4. The van der Waals surface area contributed by atoms with Crippen molar-refractivity contribution >= 4 is 5.97 Å². The van der Waals surface area contributed by atoms with E-state index in [0.29, 0.717) is 13.0 Å². The minimum Gasteiger partial charge on any atom is -0.459 e. The Bertz CT molecular complexity index is 467. The Balaban J connectivity index is 2.11. The van der Waals surface area contributed by atoms with Crippen LogP contribution in [-0.2, 0) is 16.1 Å². The van der Waals surface area contributed by atoms with Gasteiger partial charge >= 0.3 is 5.97 Å². The van der Waals surface area contributed by atoms with E-state index in [9.17, 15) is 9.90 Å². The second-order valence-electron chi connectivity index (χ2n) is 6.64. The lowest BCUT2D eigenvalue weighted by Crippen LogP contribution is -2.54. The highest BCUT2D eigenvalue weighted by molar-refractivity contribution is 5.77. The maximum atomic E-state index is 12.4. The van der Waals surface area contributed by atoms with Crippen molar-refractivity contribution in [2.24, 2.45) is 0 Å². The molecule has 116 valence electrons. The number of aliphatic hydroxyl groups is 1. The molecule has 1 aromatic carbocycles. The van der Waals surface area contributed by atoms with E-state index < -0.39 is 17.7 Å². The molecule has 21 heavy (non-hydrogen) atoms. The number of carbonyl (C=O) groups is 1. The van der Waals surface area contributed by atoms with E-state index in [4.69, 9.17) is 4.74 Å². The van der Waals surface area contributed by atoms with Gasteiger partial charge in [0, 0.05) is 6.54 Å². The van der Waals surface area contributed by atoms with Gasteiger partial charge in [-0.3, -0.25) is 9.69 Å². The van der Waals surface area contributed by atoms with Gasteiger partial charge in [-0.25, -0.2) is 0 Å². The normalized spacial score (nSPS) is 23.8. The Kier molecular flexibility index (Phi) is 5.01. The molecule has 1 heterocycles. The molecule has 1 aliphatic rings. The van der Waals surface area contributed by atoms with Crippen LogP contribution < -0.4 is 0 Å². The van der Waals surface area contributed by atoms with Gasteiger partial charge < -0.3 is 9.84 Å². The first-order chi connectivity index (χ1) is 9.87. The Morgan fingerprint density at radius 1 is 1.33 bits per heavy atom. The van der Waals surface area contributed by atoms with Gasteiger partial charge in [0.1, 0.15) is 11.6 Å². The molecule has 0 spiro atoms. The second-order valence-corrected chi connectivity index (χ2v) is 6.64. The molecule has 1 saturated heterocycles. The van der Waals surface area contributed by atoms with Crippen LogP contribution in [-0.4, -0.2) is 40.3 Å². The number of ether oxygens (including phenoxy) is 1. The lowest BCUT2D eigenvalue weighted by molar-refractivity contribution is -0.168. The number of hydrogen-bond acceptors (Lipinski definition) is 4. The molecular weight excluding hydrogens is 266 g/mol. The lowest BCUT2D eigenvalue weighted by atomic mass is 9.97. The summed E-state index contributed by atoms with van der Waals surface area (Å²) in [5.74, 6) is -0.328. The van der Waals surface area contributed by atoms with Crippen LogP contribution in [0, 0.1) is 0 Å². The number of piperidine rings is 1. The van der Waals surface area contributed by atoms with E-state index in [1.807, 2.05) is 56.0 Å². The predicted molar refractivity (Wildman–Crippen MR) is 81.7 cm³/mol. The largest absolute Gasteiger partial charge is 0.459 e. The molecule has 1 N–H and O–H groups in total. The number of rotatable bonds is 3. The topological polar surface area (TPSA) is 49.8 Å². The van der Waals surface area contributed by atoms with Crippen LogP contribution >= 0.6 is 0 Å². The van der Waals surface area contributed by atoms with Crippen molar-refractivity contribution in [2.45, 2.75) is 57.9 Å². The van der Waals surface area contributed by atoms with Crippen molar-refractivity contribution in [3.8, 4) is 0 Å². The maximum Gasteiger partial charge on any atom is 0.326 e. The summed E-state index contributed by atoms with van der Waals surface area (Å²) in [5.41, 5.74) is 0.604. The van der Waals surface area contributed by atoms with Crippen molar-refractivity contribution in [3.05, 3.63) is 35.9 Å². The van der Waals surface area contributed by atoms with Crippen LogP contribution in [0.3, 0.4) is 0 Å². The smallest absolute Gasteiger partial charge is 0.326 e. The van der Waals surface area contributed by atoms with Crippen LogP contribution in [0.1, 0.15) is 39.2 Å². The quantitative estimate of drug-likeness (QED) is 0.869. The highest BCUT2D eigenvalue weighted by Gasteiger charge is 2.38. The summed E-state index contributed by atoms with van der Waals surface area (Å²) < 4.78 is 5.47. The molecule has 0 unspecified atom stereocenters. The van der Waals surface area contributed by atoms with E-state index in [1.165, 1.54) is 0 Å². The average molecular weight is 291 g/mol. The zero-order valence-corrected chi connectivity index (χ0v) is 13.1. The van der Waals surface area contributed by atoms with Crippen molar-refractivity contribution in [1.29, 1.82) is 0 Å². The number of carbonyl (C=O) groups excluding carboxylic acids is 1. The Morgan fingerprint density at radius 2 is 2.00 bits per heavy atom. The van der Waals surface area contributed by atoms with Gasteiger partial charge in [0.2, 0.25) is 0 Å². The fourth-order valence-electron chi connectivity index (χ4n) is 2.71. The van der Waals surface area contributed by atoms with E-state index in [1.54, 1.807) is 0 Å². The average Bonchev–Trinajstić information content (AvgIpc) is 2.37. The molecule has 2 atom stereocenters. The third-order valence-corrected chi connectivity index (χ3v) is 3.58. The summed E-state index contributed by atoms with van der Waals surface area (Å²) >= 11 is 0. The molecule has 0 amide bonds. The predicted octanol–water partition coefficient (Wildman–Crippen LogP) is 2.35. The van der Waals surface area contributed by atoms with Crippen molar-refractivity contribution in [3.63, 3.8) is 0 Å². The molecule has 0 radical (unpaired) electrons. The summed E-state index contributed by atoms with van der Waals surface area (Å²) in [6.45, 7) is 7.00. The minimum absolute atomic E-state index is 0.328. The molecule has 1 fully saturated rings. The van der Waals surface area contributed by atoms with Crippen LogP contribution in [0.5, 0.6) is 0 Å². The number of nitrogens with zero attached hydrogens (tertiary/aromatic N) is 1. The molecule has 4 nitrogen and oxygen atoms in total. The molecule has 0 bridgehead atoms. The van der Waals surface area contributed by atoms with Gasteiger partial charge in [-0.1, -0.05) is 30.3 Å². The van der Waals surface area contributed by atoms with Crippen LogP contribution in [0.2, 0.25) is 0 Å². The van der Waals surface area contributed by atoms with Gasteiger partial charge in [0.05, 0.1) is 6.10 Å². The van der Waals surface area contributed by atoms with E-state index in [0.717, 1.165) is 18.5 Å². The van der Waals surface area contributed by atoms with E-state index in [2.05, 4.69) is 0 Å². The second kappa shape index (κ2) is 6.58. The van der Waals surface area contributed by atoms with E-state index in [-0.39, 0.29) is 5.97 Å². The lowest BCUT2D eigenvalue weighted by Gasteiger charge is -2.38. The van der Waals surface area contributed by atoms with Gasteiger partial charge in [-0.15, -0.1) is 0 Å². The minimum atomic E-state index is -0.655. The summed E-state index contributed by atoms with van der Waals surface area (Å²) in [6.07, 6.45) is 0.889. The first kappa shape index (κ1) is 16.0. The summed E-state index contributed by atoms with van der Waals surface area (Å²) in [5, 5.41) is 10.2. The molecule has 2 rings (SSSR count). The SMILES string of the molecule is CC(C)(C)OC(=O)[C@H]1[C@@H](O)CCCN1Cc1ccccc1. The summed E-state index contributed by atoms with van der Waals surface area (Å²) in [7, 11) is 0. The molecule has 0 aromatic heterocycles. The van der Waals surface area contributed by atoms with Crippen LogP contribution in [0.4, 0.5) is 0 Å². The van der Waals surface area contributed by atoms with Gasteiger partial charge in [-0.2, -0.15) is 0 Å².